The zero-order valence-corrected chi connectivity index (χ0v) is 22.0. The van der Waals surface area contributed by atoms with Gasteiger partial charge in [-0.15, -0.1) is 0 Å². The van der Waals surface area contributed by atoms with E-state index in [2.05, 4.69) is 10.6 Å². The maximum atomic E-state index is 13.2. The summed E-state index contributed by atoms with van der Waals surface area (Å²) in [6, 6.07) is 21.2. The van der Waals surface area contributed by atoms with Gasteiger partial charge in [0.2, 0.25) is 0 Å². The number of hydrogen-bond donors (Lipinski definition) is 2. The lowest BCUT2D eigenvalue weighted by atomic mass is 10.1. The van der Waals surface area contributed by atoms with Gasteiger partial charge in [-0.25, -0.2) is 0 Å². The number of methoxy groups -OCH3 is 1. The molecule has 1 saturated heterocycles. The van der Waals surface area contributed by atoms with Crippen molar-refractivity contribution in [1.82, 2.24) is 5.32 Å². The molecule has 1 heterocycles. The molecule has 0 aliphatic carbocycles. The van der Waals surface area contributed by atoms with Gasteiger partial charge in [0, 0.05) is 5.69 Å². The minimum Gasteiger partial charge on any atom is -0.493 e. The molecule has 8 nitrogen and oxygen atoms in total. The Morgan fingerprint density at radius 2 is 1.75 bits per heavy atom. The Labute approximate surface area is 226 Å². The van der Waals surface area contributed by atoms with Gasteiger partial charge >= 0.3 is 0 Å². The van der Waals surface area contributed by atoms with E-state index in [0.717, 1.165) is 0 Å². The van der Waals surface area contributed by atoms with Gasteiger partial charge in [-0.2, -0.15) is 0 Å². The third-order valence-corrected chi connectivity index (χ3v) is 6.17. The highest BCUT2D eigenvalue weighted by molar-refractivity contribution is 14.1. The second-order valence-electron chi connectivity index (χ2n) is 7.53. The molecule has 3 aromatic carbocycles. The van der Waals surface area contributed by atoms with Gasteiger partial charge in [0.1, 0.15) is 5.57 Å². The molecule has 3 aromatic rings. The maximum absolute atomic E-state index is 13.2. The highest BCUT2D eigenvalue weighted by Crippen LogP contribution is 2.35. The number of carbonyl (C=O) groups excluding carboxylic acids is 3. The van der Waals surface area contributed by atoms with Gasteiger partial charge in [0.05, 0.1) is 16.4 Å². The fourth-order valence-corrected chi connectivity index (χ4v) is 4.52. The molecular formula is C26H20IN3O5S. The summed E-state index contributed by atoms with van der Waals surface area (Å²) in [5.41, 5.74) is 1.66. The number of amides is 3. The molecule has 36 heavy (non-hydrogen) atoms. The van der Waals surface area contributed by atoms with Crippen LogP contribution in [0.2, 0.25) is 0 Å². The van der Waals surface area contributed by atoms with E-state index in [-0.39, 0.29) is 23.2 Å². The zero-order chi connectivity index (χ0) is 25.7. The number of thiocarbonyl (C=S) groups is 1. The monoisotopic (exact) mass is 613 g/mol. The van der Waals surface area contributed by atoms with E-state index in [1.165, 1.54) is 18.1 Å². The highest BCUT2D eigenvalue weighted by atomic mass is 127. The van der Waals surface area contributed by atoms with Gasteiger partial charge in [0.25, 0.3) is 17.7 Å². The van der Waals surface area contributed by atoms with Crippen molar-refractivity contribution in [3.63, 3.8) is 0 Å². The Morgan fingerprint density at radius 3 is 2.42 bits per heavy atom. The van der Waals surface area contributed by atoms with Crippen LogP contribution in [0.4, 0.5) is 11.4 Å². The Morgan fingerprint density at radius 1 is 1.08 bits per heavy atom. The van der Waals surface area contributed by atoms with Gasteiger partial charge < -0.3 is 14.8 Å². The predicted molar refractivity (Wildman–Crippen MR) is 149 cm³/mol. The minimum atomic E-state index is -0.593. The summed E-state index contributed by atoms with van der Waals surface area (Å²) in [5.74, 6) is -0.743. The third kappa shape index (κ3) is 5.71. The number of rotatable bonds is 7. The third-order valence-electron chi connectivity index (χ3n) is 5.08. The van der Waals surface area contributed by atoms with E-state index in [9.17, 15) is 14.4 Å². The smallest absolute Gasteiger partial charge is 0.270 e. The van der Waals surface area contributed by atoms with Crippen LogP contribution in [0.25, 0.3) is 6.08 Å². The summed E-state index contributed by atoms with van der Waals surface area (Å²) in [7, 11) is 1.47. The molecule has 10 heteroatoms. The molecule has 4 rings (SSSR count). The average molecular weight is 613 g/mol. The number of nitrogens with one attached hydrogen (secondary N) is 2. The van der Waals surface area contributed by atoms with Gasteiger partial charge in [-0.1, -0.05) is 36.4 Å². The fraction of sp³-hybridized carbons (Fsp3) is 0.0769. The topological polar surface area (TPSA) is 97.0 Å². The van der Waals surface area contributed by atoms with E-state index in [1.54, 1.807) is 48.5 Å². The molecular weight excluding hydrogens is 593 g/mol. The molecule has 0 bridgehead atoms. The predicted octanol–water partition coefficient (Wildman–Crippen LogP) is 4.15. The molecule has 0 atom stereocenters. The van der Waals surface area contributed by atoms with Gasteiger partial charge in [-0.05, 0) is 82.8 Å². The fourth-order valence-electron chi connectivity index (χ4n) is 3.46. The number of ether oxygens (including phenoxy) is 2. The number of carbonyl (C=O) groups is 3. The van der Waals surface area contributed by atoms with Crippen molar-refractivity contribution in [2.75, 3.05) is 23.9 Å². The number of hydrogen-bond acceptors (Lipinski definition) is 6. The Kier molecular flexibility index (Phi) is 7.96. The molecule has 0 spiro atoms. The van der Waals surface area contributed by atoms with Crippen LogP contribution in [0.1, 0.15) is 5.56 Å². The van der Waals surface area contributed by atoms with Crippen molar-refractivity contribution in [2.45, 2.75) is 0 Å². The van der Waals surface area contributed by atoms with Crippen LogP contribution < -0.4 is 25.0 Å². The molecule has 0 saturated carbocycles. The maximum Gasteiger partial charge on any atom is 0.270 e. The first kappa shape index (κ1) is 25.3. The summed E-state index contributed by atoms with van der Waals surface area (Å²) in [6.45, 7) is -0.230. The molecule has 1 fully saturated rings. The van der Waals surface area contributed by atoms with Crippen molar-refractivity contribution >= 4 is 75.1 Å². The number of halogens is 1. The summed E-state index contributed by atoms with van der Waals surface area (Å²) in [6.07, 6.45) is 1.46. The Balaban J connectivity index is 1.56. The first-order valence-electron chi connectivity index (χ1n) is 10.7. The SMILES string of the molecule is COc1cc(/C=C2/C(=O)NC(=S)N(c3ccccc3)C2=O)cc(I)c1OCC(=O)Nc1ccccc1. The summed E-state index contributed by atoms with van der Waals surface area (Å²) in [4.78, 5) is 39.4. The van der Waals surface area contributed by atoms with Crippen molar-refractivity contribution in [1.29, 1.82) is 0 Å². The lowest BCUT2D eigenvalue weighted by Gasteiger charge is -2.28. The second-order valence-corrected chi connectivity index (χ2v) is 9.08. The molecule has 3 amide bonds. The van der Waals surface area contributed by atoms with Crippen LogP contribution in [-0.2, 0) is 14.4 Å². The van der Waals surface area contributed by atoms with E-state index >= 15 is 0 Å². The highest BCUT2D eigenvalue weighted by Gasteiger charge is 2.34. The van der Waals surface area contributed by atoms with E-state index in [4.69, 9.17) is 21.7 Å². The summed E-state index contributed by atoms with van der Waals surface area (Å²) < 4.78 is 11.8. The number of anilines is 2. The lowest BCUT2D eigenvalue weighted by molar-refractivity contribution is -0.122. The molecule has 1 aliphatic rings. The van der Waals surface area contributed by atoms with Crippen molar-refractivity contribution in [3.05, 3.63) is 87.5 Å². The van der Waals surface area contributed by atoms with Gasteiger partial charge in [0.15, 0.2) is 23.2 Å². The van der Waals surface area contributed by atoms with Gasteiger partial charge in [-0.3, -0.25) is 24.6 Å². The Bertz CT molecular complexity index is 1360. The number of para-hydroxylation sites is 2. The van der Waals surface area contributed by atoms with E-state index in [1.807, 2.05) is 46.9 Å². The average Bonchev–Trinajstić information content (AvgIpc) is 2.86. The van der Waals surface area contributed by atoms with Crippen LogP contribution in [0.15, 0.2) is 78.4 Å². The van der Waals surface area contributed by atoms with E-state index < -0.39 is 11.8 Å². The van der Waals surface area contributed by atoms with Crippen LogP contribution in [0.5, 0.6) is 11.5 Å². The van der Waals surface area contributed by atoms with Crippen molar-refractivity contribution < 1.29 is 23.9 Å². The molecule has 0 radical (unpaired) electrons. The number of benzene rings is 3. The molecule has 2 N–H and O–H groups in total. The van der Waals surface area contributed by atoms with Crippen molar-refractivity contribution in [2.24, 2.45) is 0 Å². The van der Waals surface area contributed by atoms with Crippen LogP contribution >= 0.6 is 34.8 Å². The molecule has 1 aliphatic heterocycles. The first-order chi connectivity index (χ1) is 17.4. The quantitative estimate of drug-likeness (QED) is 0.180. The molecule has 182 valence electrons. The summed E-state index contributed by atoms with van der Waals surface area (Å²) in [5, 5.41) is 5.33. The molecule has 0 aromatic heterocycles. The van der Waals surface area contributed by atoms with E-state index in [0.29, 0.717) is 32.0 Å². The summed E-state index contributed by atoms with van der Waals surface area (Å²) >= 11 is 7.27. The lowest BCUT2D eigenvalue weighted by Crippen LogP contribution is -2.54. The number of nitrogens with zero attached hydrogens (tertiary/aromatic N) is 1. The van der Waals surface area contributed by atoms with Crippen molar-refractivity contribution in [3.8, 4) is 11.5 Å². The zero-order valence-electron chi connectivity index (χ0n) is 19.0. The van der Waals surface area contributed by atoms with Crippen LogP contribution in [-0.4, -0.2) is 36.6 Å². The molecule has 0 unspecified atom stereocenters. The Hall–Kier alpha value is -3.77. The standard InChI is InChI=1S/C26H20IN3O5S/c1-34-21-14-16(13-20(27)23(21)35-15-22(31)28-17-8-4-2-5-9-17)12-19-24(32)29-26(36)30(25(19)33)18-10-6-3-7-11-18/h2-14H,15H2,1H3,(H,28,31)(H,29,32,36)/b19-12-. The largest absolute Gasteiger partial charge is 0.493 e. The minimum absolute atomic E-state index is 0.0121. The normalized spacial score (nSPS) is 14.4. The van der Waals surface area contributed by atoms with Crippen LogP contribution in [0.3, 0.4) is 0 Å². The first-order valence-corrected chi connectivity index (χ1v) is 12.2. The second kappa shape index (κ2) is 11.3. The van der Waals surface area contributed by atoms with Crippen LogP contribution in [0, 0.1) is 3.57 Å².